The summed E-state index contributed by atoms with van der Waals surface area (Å²) in [6.07, 6.45) is 0. The lowest BCUT2D eigenvalue weighted by atomic mass is 10.2. The van der Waals surface area contributed by atoms with Crippen molar-refractivity contribution in [1.82, 2.24) is 0 Å². The van der Waals surface area contributed by atoms with Crippen LogP contribution in [0.3, 0.4) is 0 Å². The lowest BCUT2D eigenvalue weighted by molar-refractivity contribution is 0.102. The van der Waals surface area contributed by atoms with Crippen LogP contribution in [0.5, 0.6) is 11.5 Å². The highest BCUT2D eigenvalue weighted by molar-refractivity contribution is 9.11. The molecule has 0 aliphatic rings. The van der Waals surface area contributed by atoms with Gasteiger partial charge in [-0.25, -0.2) is 8.42 Å². The Bertz CT molecular complexity index is 1130. The highest BCUT2D eigenvalue weighted by Gasteiger charge is 2.19. The van der Waals surface area contributed by atoms with Crippen molar-refractivity contribution < 1.29 is 23.1 Å². The molecule has 146 valence electrons. The molecule has 3 rings (SSSR count). The number of amides is 1. The monoisotopic (exact) mass is 482 g/mol. The molecule has 2 aromatic carbocycles. The molecule has 3 N–H and O–H groups in total. The number of hydrogen-bond acceptors (Lipinski definition) is 6. The van der Waals surface area contributed by atoms with Gasteiger partial charge in [0.1, 0.15) is 11.5 Å². The Balaban J connectivity index is 1.88. The number of methoxy groups -OCH3 is 1. The van der Waals surface area contributed by atoms with Gasteiger partial charge in [0.25, 0.3) is 15.9 Å². The fourth-order valence-corrected chi connectivity index (χ4v) is 4.57. The van der Waals surface area contributed by atoms with E-state index in [1.807, 2.05) is 0 Å². The average molecular weight is 483 g/mol. The van der Waals surface area contributed by atoms with Gasteiger partial charge in [-0.3, -0.25) is 9.52 Å². The van der Waals surface area contributed by atoms with Crippen molar-refractivity contribution in [3.8, 4) is 11.5 Å². The summed E-state index contributed by atoms with van der Waals surface area (Å²) < 4.78 is 33.8. The van der Waals surface area contributed by atoms with Crippen molar-refractivity contribution in [3.63, 3.8) is 0 Å². The third-order valence-corrected chi connectivity index (χ3v) is 6.58. The molecule has 3 aromatic rings. The summed E-state index contributed by atoms with van der Waals surface area (Å²) in [6, 6.07) is 11.8. The number of nitrogens with one attached hydrogen (secondary N) is 2. The number of hydrogen-bond donors (Lipinski definition) is 3. The van der Waals surface area contributed by atoms with Gasteiger partial charge < -0.3 is 15.2 Å². The van der Waals surface area contributed by atoms with Gasteiger partial charge in [-0.15, -0.1) is 11.3 Å². The van der Waals surface area contributed by atoms with Crippen LogP contribution in [0.15, 0.2) is 62.6 Å². The number of sulfonamides is 1. The Morgan fingerprint density at radius 1 is 1.14 bits per heavy atom. The maximum atomic E-state index is 12.7. The van der Waals surface area contributed by atoms with Crippen molar-refractivity contribution in [1.29, 1.82) is 0 Å². The second kappa shape index (κ2) is 8.21. The Hall–Kier alpha value is -2.56. The molecule has 0 saturated heterocycles. The van der Waals surface area contributed by atoms with E-state index in [1.165, 1.54) is 36.6 Å². The van der Waals surface area contributed by atoms with Gasteiger partial charge in [0.2, 0.25) is 0 Å². The first-order chi connectivity index (χ1) is 13.3. The number of phenolic OH excluding ortho intramolecular Hbond substituents is 1. The van der Waals surface area contributed by atoms with Gasteiger partial charge in [0.15, 0.2) is 0 Å². The first-order valence-electron chi connectivity index (χ1n) is 7.84. The topological polar surface area (TPSA) is 105 Å². The third-order valence-electron chi connectivity index (χ3n) is 3.71. The summed E-state index contributed by atoms with van der Waals surface area (Å²) in [5.74, 6) is -0.357. The standard InChI is InChI=1S/C18H15BrN2O5S2/c1-26-16-5-3-2-4-13(16)21-28(24,25)12-6-7-15(22)14(9-12)20-18(23)11-8-17(19)27-10-11/h2-10,21-22H,1H3,(H,20,23). The normalized spacial score (nSPS) is 11.1. The molecular formula is C18H15BrN2O5S2. The number of carbonyl (C=O) groups excluding carboxylic acids is 1. The van der Waals surface area contributed by atoms with Crippen LogP contribution < -0.4 is 14.8 Å². The van der Waals surface area contributed by atoms with Crippen molar-refractivity contribution in [2.24, 2.45) is 0 Å². The van der Waals surface area contributed by atoms with E-state index >= 15 is 0 Å². The predicted octanol–water partition coefficient (Wildman–Crippen LogP) is 4.28. The SMILES string of the molecule is COc1ccccc1NS(=O)(=O)c1ccc(O)c(NC(=O)c2csc(Br)c2)c1. The molecule has 0 saturated carbocycles. The highest BCUT2D eigenvalue weighted by atomic mass is 79.9. The summed E-state index contributed by atoms with van der Waals surface area (Å²) in [5, 5.41) is 14.2. The molecule has 0 aliphatic carbocycles. The van der Waals surface area contributed by atoms with E-state index in [-0.39, 0.29) is 22.0 Å². The summed E-state index contributed by atoms with van der Waals surface area (Å²) in [7, 11) is -2.54. The molecule has 10 heteroatoms. The van der Waals surface area contributed by atoms with Crippen molar-refractivity contribution >= 4 is 54.6 Å². The Kier molecular flexibility index (Phi) is 5.92. The van der Waals surface area contributed by atoms with Crippen LogP contribution in [0, 0.1) is 0 Å². The first kappa shape index (κ1) is 20.2. The molecule has 0 fully saturated rings. The molecule has 0 aliphatic heterocycles. The van der Waals surface area contributed by atoms with Crippen LogP contribution in [-0.4, -0.2) is 26.5 Å². The number of anilines is 2. The number of benzene rings is 2. The van der Waals surface area contributed by atoms with E-state index in [0.29, 0.717) is 11.3 Å². The molecule has 1 aromatic heterocycles. The molecular weight excluding hydrogens is 468 g/mol. The van der Waals surface area contributed by atoms with Gasteiger partial charge >= 0.3 is 0 Å². The zero-order valence-electron chi connectivity index (χ0n) is 14.5. The minimum Gasteiger partial charge on any atom is -0.506 e. The number of halogens is 1. The lowest BCUT2D eigenvalue weighted by Gasteiger charge is -2.13. The van der Waals surface area contributed by atoms with Crippen LogP contribution in [0.4, 0.5) is 11.4 Å². The number of carbonyl (C=O) groups is 1. The molecule has 7 nitrogen and oxygen atoms in total. The van der Waals surface area contributed by atoms with Gasteiger partial charge in [-0.05, 0) is 52.3 Å². The maximum absolute atomic E-state index is 12.7. The average Bonchev–Trinajstić information content (AvgIpc) is 3.10. The largest absolute Gasteiger partial charge is 0.506 e. The first-order valence-corrected chi connectivity index (χ1v) is 11.0. The smallest absolute Gasteiger partial charge is 0.262 e. The van der Waals surface area contributed by atoms with Gasteiger partial charge in [0.05, 0.1) is 32.7 Å². The molecule has 1 amide bonds. The fraction of sp³-hybridized carbons (Fsp3) is 0.0556. The van der Waals surface area contributed by atoms with E-state index < -0.39 is 15.9 Å². The van der Waals surface area contributed by atoms with E-state index in [2.05, 4.69) is 26.0 Å². The quantitative estimate of drug-likeness (QED) is 0.454. The van der Waals surface area contributed by atoms with Gasteiger partial charge in [-0.1, -0.05) is 12.1 Å². The predicted molar refractivity (Wildman–Crippen MR) is 112 cm³/mol. The summed E-state index contributed by atoms with van der Waals surface area (Å²) in [6.45, 7) is 0. The summed E-state index contributed by atoms with van der Waals surface area (Å²) in [5.41, 5.74) is 0.638. The second-order valence-corrected chi connectivity index (χ2v) is 9.55. The third kappa shape index (κ3) is 4.46. The number of rotatable bonds is 6. The zero-order valence-corrected chi connectivity index (χ0v) is 17.7. The number of thiophene rings is 1. The number of aromatic hydroxyl groups is 1. The molecule has 0 bridgehead atoms. The van der Waals surface area contributed by atoms with Gasteiger partial charge in [0, 0.05) is 5.38 Å². The summed E-state index contributed by atoms with van der Waals surface area (Å²) >= 11 is 4.61. The molecule has 0 atom stereocenters. The van der Waals surface area contributed by atoms with E-state index in [0.717, 1.165) is 3.79 Å². The molecule has 0 unspecified atom stereocenters. The van der Waals surface area contributed by atoms with Crippen LogP contribution in [0.2, 0.25) is 0 Å². The van der Waals surface area contributed by atoms with E-state index in [9.17, 15) is 18.3 Å². The maximum Gasteiger partial charge on any atom is 0.262 e. The number of ether oxygens (including phenoxy) is 1. The molecule has 1 heterocycles. The van der Waals surface area contributed by atoms with Crippen LogP contribution >= 0.6 is 27.3 Å². The Morgan fingerprint density at radius 3 is 2.57 bits per heavy atom. The Morgan fingerprint density at radius 2 is 1.89 bits per heavy atom. The van der Waals surface area contributed by atoms with E-state index in [4.69, 9.17) is 4.74 Å². The molecule has 28 heavy (non-hydrogen) atoms. The molecule has 0 radical (unpaired) electrons. The second-order valence-electron chi connectivity index (χ2n) is 5.58. The number of para-hydroxylation sites is 2. The minimum atomic E-state index is -3.98. The van der Waals surface area contributed by atoms with Crippen molar-refractivity contribution in [2.75, 3.05) is 17.1 Å². The van der Waals surface area contributed by atoms with E-state index in [1.54, 1.807) is 35.7 Å². The number of phenols is 1. The minimum absolute atomic E-state index is 0.0183. The highest BCUT2D eigenvalue weighted by Crippen LogP contribution is 2.30. The zero-order chi connectivity index (χ0) is 20.3. The van der Waals surface area contributed by atoms with Crippen molar-refractivity contribution in [3.05, 3.63) is 63.3 Å². The van der Waals surface area contributed by atoms with Crippen LogP contribution in [0.25, 0.3) is 0 Å². The molecule has 0 spiro atoms. The fourth-order valence-electron chi connectivity index (χ4n) is 2.34. The summed E-state index contributed by atoms with van der Waals surface area (Å²) in [4.78, 5) is 12.2. The lowest BCUT2D eigenvalue weighted by Crippen LogP contribution is -2.15. The van der Waals surface area contributed by atoms with Crippen LogP contribution in [-0.2, 0) is 10.0 Å². The van der Waals surface area contributed by atoms with Crippen molar-refractivity contribution in [2.45, 2.75) is 4.90 Å². The Labute approximate surface area is 174 Å². The van der Waals surface area contributed by atoms with Gasteiger partial charge in [-0.2, -0.15) is 0 Å². The van der Waals surface area contributed by atoms with Crippen LogP contribution in [0.1, 0.15) is 10.4 Å².